The predicted molar refractivity (Wildman–Crippen MR) is 116 cm³/mol. The third-order valence-electron chi connectivity index (χ3n) is 5.20. The molecule has 3 aromatic rings. The molecule has 1 aliphatic rings. The number of amides is 2. The van der Waals surface area contributed by atoms with Crippen LogP contribution in [0.1, 0.15) is 28.8 Å². The number of H-pyrrole nitrogens is 1. The highest BCUT2D eigenvalue weighted by atomic mass is 32.2. The highest BCUT2D eigenvalue weighted by Gasteiger charge is 2.28. The van der Waals surface area contributed by atoms with Gasteiger partial charge in [0.25, 0.3) is 5.91 Å². The molecule has 2 amide bonds. The fourth-order valence-electron chi connectivity index (χ4n) is 3.55. The van der Waals surface area contributed by atoms with Gasteiger partial charge in [0, 0.05) is 36.0 Å². The maximum atomic E-state index is 13.1. The number of benzene rings is 2. The van der Waals surface area contributed by atoms with Crippen molar-refractivity contribution in [2.45, 2.75) is 23.8 Å². The lowest BCUT2D eigenvalue weighted by Gasteiger charge is -2.32. The van der Waals surface area contributed by atoms with Crippen molar-refractivity contribution in [3.63, 3.8) is 0 Å². The molecule has 0 bridgehead atoms. The molecule has 0 unspecified atom stereocenters. The number of nitrogens with one attached hydrogen (secondary N) is 2. The summed E-state index contributed by atoms with van der Waals surface area (Å²) < 4.78 is 0. The number of aromatic amines is 1. The average Bonchev–Trinajstić information content (AvgIpc) is 3.32. The van der Waals surface area contributed by atoms with Gasteiger partial charge in [0.1, 0.15) is 6.33 Å². The molecule has 4 rings (SSSR count). The van der Waals surface area contributed by atoms with Gasteiger partial charge in [0.2, 0.25) is 5.91 Å². The molecule has 1 aromatic heterocycles. The zero-order chi connectivity index (χ0) is 20.8. The number of carbonyl (C=O) groups is 2. The van der Waals surface area contributed by atoms with Gasteiger partial charge in [-0.25, -0.2) is 4.98 Å². The van der Waals surface area contributed by atoms with E-state index in [9.17, 15) is 9.59 Å². The Balaban J connectivity index is 1.34. The molecule has 0 spiro atoms. The van der Waals surface area contributed by atoms with E-state index in [2.05, 4.69) is 20.5 Å². The lowest BCUT2D eigenvalue weighted by Crippen LogP contribution is -2.41. The van der Waals surface area contributed by atoms with Gasteiger partial charge in [-0.2, -0.15) is 5.10 Å². The Morgan fingerprint density at radius 3 is 2.53 bits per heavy atom. The van der Waals surface area contributed by atoms with Crippen LogP contribution in [0.2, 0.25) is 0 Å². The summed E-state index contributed by atoms with van der Waals surface area (Å²) in [5.74, 6) is 0.599. The van der Waals surface area contributed by atoms with Crippen LogP contribution in [-0.4, -0.2) is 45.0 Å². The summed E-state index contributed by atoms with van der Waals surface area (Å²) in [5.41, 5.74) is 2.48. The zero-order valence-electron chi connectivity index (χ0n) is 16.5. The van der Waals surface area contributed by atoms with Crippen LogP contribution in [0, 0.1) is 5.92 Å². The van der Waals surface area contributed by atoms with Crippen molar-refractivity contribution < 1.29 is 9.59 Å². The van der Waals surface area contributed by atoms with Crippen LogP contribution < -0.4 is 5.32 Å². The summed E-state index contributed by atoms with van der Waals surface area (Å²) in [6.07, 6.45) is 2.80. The van der Waals surface area contributed by atoms with Crippen molar-refractivity contribution in [3.05, 3.63) is 72.1 Å². The smallest absolute Gasteiger partial charge is 0.254 e. The molecule has 1 aliphatic heterocycles. The van der Waals surface area contributed by atoms with E-state index in [0.717, 1.165) is 16.4 Å². The molecule has 0 radical (unpaired) electrons. The lowest BCUT2D eigenvalue weighted by molar-refractivity contribution is -0.121. The van der Waals surface area contributed by atoms with Crippen molar-refractivity contribution in [3.8, 4) is 0 Å². The van der Waals surface area contributed by atoms with Crippen molar-refractivity contribution >= 4 is 29.3 Å². The predicted octanol–water partition coefficient (Wildman–Crippen LogP) is 3.59. The van der Waals surface area contributed by atoms with Crippen LogP contribution >= 0.6 is 11.8 Å². The Labute approximate surface area is 179 Å². The third-order valence-corrected chi connectivity index (χ3v) is 6.12. The van der Waals surface area contributed by atoms with E-state index in [1.165, 1.54) is 18.1 Å². The van der Waals surface area contributed by atoms with Gasteiger partial charge < -0.3 is 10.2 Å². The van der Waals surface area contributed by atoms with E-state index in [1.54, 1.807) is 0 Å². The van der Waals surface area contributed by atoms with Crippen molar-refractivity contribution in [1.29, 1.82) is 0 Å². The Kier molecular flexibility index (Phi) is 6.44. The van der Waals surface area contributed by atoms with Crippen LogP contribution in [0.3, 0.4) is 0 Å². The number of thioether (sulfide) groups is 1. The summed E-state index contributed by atoms with van der Waals surface area (Å²) in [4.78, 5) is 31.6. The highest BCUT2D eigenvalue weighted by molar-refractivity contribution is 7.98. The summed E-state index contributed by atoms with van der Waals surface area (Å²) in [5, 5.41) is 10.4. The molecule has 0 atom stereocenters. The van der Waals surface area contributed by atoms with Gasteiger partial charge in [-0.15, -0.1) is 0 Å². The van der Waals surface area contributed by atoms with Crippen LogP contribution in [0.25, 0.3) is 0 Å². The number of para-hydroxylation sites is 1. The van der Waals surface area contributed by atoms with Crippen molar-refractivity contribution in [2.24, 2.45) is 5.92 Å². The molecule has 0 aliphatic carbocycles. The summed E-state index contributed by atoms with van der Waals surface area (Å²) >= 11 is 1.51. The van der Waals surface area contributed by atoms with E-state index < -0.39 is 0 Å². The normalized spacial score (nSPS) is 14.5. The van der Waals surface area contributed by atoms with Gasteiger partial charge >= 0.3 is 0 Å². The quantitative estimate of drug-likeness (QED) is 0.594. The molecule has 2 heterocycles. The van der Waals surface area contributed by atoms with Crippen LogP contribution in [0.15, 0.2) is 66.1 Å². The van der Waals surface area contributed by atoms with E-state index >= 15 is 0 Å². The van der Waals surface area contributed by atoms with Gasteiger partial charge in [-0.05, 0) is 36.6 Å². The second-order valence-electron chi connectivity index (χ2n) is 7.16. The number of piperidine rings is 1. The van der Waals surface area contributed by atoms with E-state index in [0.29, 0.717) is 37.2 Å². The van der Waals surface area contributed by atoms with Gasteiger partial charge in [-0.1, -0.05) is 48.2 Å². The minimum Gasteiger partial charge on any atom is -0.339 e. The maximum absolute atomic E-state index is 13.1. The van der Waals surface area contributed by atoms with E-state index in [1.807, 2.05) is 59.5 Å². The van der Waals surface area contributed by atoms with E-state index in [-0.39, 0.29) is 17.7 Å². The average molecular weight is 422 g/mol. The number of hydrogen-bond donors (Lipinski definition) is 2. The Bertz CT molecular complexity index is 986. The molecular weight excluding hydrogens is 398 g/mol. The molecule has 30 heavy (non-hydrogen) atoms. The largest absolute Gasteiger partial charge is 0.339 e. The second kappa shape index (κ2) is 9.58. The van der Waals surface area contributed by atoms with Crippen molar-refractivity contribution in [2.75, 3.05) is 18.4 Å². The summed E-state index contributed by atoms with van der Waals surface area (Å²) in [6, 6.07) is 17.1. The zero-order valence-corrected chi connectivity index (χ0v) is 17.3. The van der Waals surface area contributed by atoms with Crippen LogP contribution in [0.4, 0.5) is 5.69 Å². The second-order valence-corrected chi connectivity index (χ2v) is 8.12. The number of aromatic nitrogens is 3. The monoisotopic (exact) mass is 421 g/mol. The summed E-state index contributed by atoms with van der Waals surface area (Å²) in [6.45, 7) is 1.16. The Morgan fingerprint density at radius 1 is 1.07 bits per heavy atom. The number of hydrogen-bond acceptors (Lipinski definition) is 5. The number of rotatable bonds is 6. The maximum Gasteiger partial charge on any atom is 0.254 e. The third kappa shape index (κ3) is 4.88. The van der Waals surface area contributed by atoms with Gasteiger partial charge in [0.05, 0.1) is 0 Å². The van der Waals surface area contributed by atoms with Crippen molar-refractivity contribution in [1.82, 2.24) is 20.1 Å². The molecule has 2 N–H and O–H groups in total. The molecule has 154 valence electrons. The minimum atomic E-state index is -0.0773. The van der Waals surface area contributed by atoms with Gasteiger partial charge in [-0.3, -0.25) is 14.7 Å². The molecule has 1 saturated heterocycles. The fourth-order valence-corrected chi connectivity index (χ4v) is 4.33. The molecule has 0 saturated carbocycles. The molecule has 2 aromatic carbocycles. The molecule has 7 nitrogen and oxygen atoms in total. The molecule has 1 fully saturated rings. The standard InChI is InChI=1S/C22H23N5O2S/c28-20(25-18-7-2-1-3-8-18)16-10-12-27(13-11-16)21(29)19-9-5-4-6-17(19)14-30-22-23-15-24-26-22/h1-9,15-16H,10-14H2,(H,25,28)(H,23,24,26). The fraction of sp³-hybridized carbons (Fsp3) is 0.273. The minimum absolute atomic E-state index is 0.0192. The van der Waals surface area contributed by atoms with E-state index in [4.69, 9.17) is 0 Å². The van der Waals surface area contributed by atoms with Crippen LogP contribution in [-0.2, 0) is 10.5 Å². The number of likely N-dealkylation sites (tertiary alicyclic amines) is 1. The lowest BCUT2D eigenvalue weighted by atomic mass is 9.95. The number of anilines is 1. The first-order valence-corrected chi connectivity index (χ1v) is 10.9. The Morgan fingerprint density at radius 2 is 1.80 bits per heavy atom. The topological polar surface area (TPSA) is 91.0 Å². The SMILES string of the molecule is O=C(Nc1ccccc1)C1CCN(C(=O)c2ccccc2CSc2ncn[nH]2)CC1. The summed E-state index contributed by atoms with van der Waals surface area (Å²) in [7, 11) is 0. The van der Waals surface area contributed by atoms with Crippen LogP contribution in [0.5, 0.6) is 0 Å². The number of nitrogens with zero attached hydrogens (tertiary/aromatic N) is 3. The molecule has 8 heteroatoms. The number of carbonyl (C=O) groups excluding carboxylic acids is 2. The first-order chi connectivity index (χ1) is 14.7. The molecular formula is C22H23N5O2S. The first kappa shape index (κ1) is 20.2. The highest BCUT2D eigenvalue weighted by Crippen LogP contribution is 2.25. The van der Waals surface area contributed by atoms with Gasteiger partial charge in [0.15, 0.2) is 5.16 Å². The first-order valence-electron chi connectivity index (χ1n) is 9.92. The Hall–Kier alpha value is -3.13.